The van der Waals surface area contributed by atoms with Gasteiger partial charge in [-0.15, -0.1) is 11.3 Å². The molecule has 1 unspecified atom stereocenters. The fourth-order valence-corrected chi connectivity index (χ4v) is 1.79. The number of alkyl halides is 2. The number of nitrogens with two attached hydrogens (primary N) is 1. The molecule has 0 spiro atoms. The number of rotatable bonds is 4. The summed E-state index contributed by atoms with van der Waals surface area (Å²) in [5.74, 6) is 0. The van der Waals surface area contributed by atoms with E-state index < -0.39 is 6.43 Å². The average Bonchev–Trinajstić information content (AvgIpc) is 2.50. The van der Waals surface area contributed by atoms with Crippen LogP contribution < -0.4 is 10.6 Å². The molecule has 0 fully saturated rings. The van der Waals surface area contributed by atoms with E-state index in [9.17, 15) is 8.78 Å². The van der Waals surface area contributed by atoms with Gasteiger partial charge < -0.3 is 10.6 Å². The number of thiazole rings is 1. The highest BCUT2D eigenvalue weighted by Gasteiger charge is 2.13. The molecule has 0 amide bonds. The van der Waals surface area contributed by atoms with E-state index in [1.165, 1.54) is 16.2 Å². The normalized spacial score (nSPS) is 13.3. The summed E-state index contributed by atoms with van der Waals surface area (Å²) in [4.78, 5) is 6.36. The lowest BCUT2D eigenvalue weighted by Gasteiger charge is -2.14. The van der Waals surface area contributed by atoms with E-state index in [4.69, 9.17) is 5.73 Å². The van der Waals surface area contributed by atoms with Crippen LogP contribution in [0.25, 0.3) is 0 Å². The molecule has 0 aliphatic carbocycles. The van der Waals surface area contributed by atoms with Gasteiger partial charge in [0.05, 0.1) is 6.54 Å². The largest absolute Gasteiger partial charge is 0.345 e. The zero-order chi connectivity index (χ0) is 10.7. The highest BCUT2D eigenvalue weighted by Crippen LogP contribution is 2.25. The van der Waals surface area contributed by atoms with Crippen molar-refractivity contribution in [2.45, 2.75) is 19.4 Å². The zero-order valence-electron chi connectivity index (χ0n) is 8.08. The van der Waals surface area contributed by atoms with Crippen molar-refractivity contribution in [1.82, 2.24) is 4.98 Å². The molecule has 2 N–H and O–H groups in total. The Hall–Kier alpha value is -0.750. The molecule has 0 aliphatic heterocycles. The highest BCUT2D eigenvalue weighted by molar-refractivity contribution is 7.15. The Labute approximate surface area is 85.5 Å². The van der Waals surface area contributed by atoms with Crippen molar-refractivity contribution in [3.8, 4) is 0 Å². The van der Waals surface area contributed by atoms with Crippen LogP contribution in [0.5, 0.6) is 0 Å². The summed E-state index contributed by atoms with van der Waals surface area (Å²) in [7, 11) is 1.59. The molecule has 14 heavy (non-hydrogen) atoms. The van der Waals surface area contributed by atoms with Gasteiger partial charge in [-0.3, -0.25) is 0 Å². The fourth-order valence-electron chi connectivity index (χ4n) is 0.949. The van der Waals surface area contributed by atoms with Gasteiger partial charge in [-0.1, -0.05) is 0 Å². The van der Waals surface area contributed by atoms with Crippen molar-refractivity contribution in [2.24, 2.45) is 5.73 Å². The minimum absolute atomic E-state index is 0.0961. The first-order valence-corrected chi connectivity index (χ1v) is 5.03. The maximum Gasteiger partial charge on any atom is 0.255 e. The Morgan fingerprint density at radius 1 is 1.64 bits per heavy atom. The summed E-state index contributed by atoms with van der Waals surface area (Å²) in [6, 6.07) is -0.0961. The van der Waals surface area contributed by atoms with Crippen LogP contribution >= 0.6 is 11.3 Å². The van der Waals surface area contributed by atoms with Gasteiger partial charge in [-0.2, -0.15) is 0 Å². The topological polar surface area (TPSA) is 42.1 Å². The molecule has 1 aromatic rings. The molecular weight excluding hydrogens is 208 g/mol. The number of aromatic nitrogens is 1. The van der Waals surface area contributed by atoms with Crippen LogP contribution in [0.1, 0.15) is 17.8 Å². The number of halogens is 2. The molecule has 1 heterocycles. The minimum atomic E-state index is -2.34. The first-order valence-electron chi connectivity index (χ1n) is 4.21. The molecule has 1 rings (SSSR count). The molecule has 0 saturated carbocycles. The third-order valence-corrected chi connectivity index (χ3v) is 3.01. The van der Waals surface area contributed by atoms with Gasteiger partial charge in [0.1, 0.15) is 0 Å². The highest BCUT2D eigenvalue weighted by atomic mass is 32.1. The fraction of sp³-hybridized carbons (Fsp3) is 0.625. The van der Waals surface area contributed by atoms with Crippen molar-refractivity contribution >= 4 is 16.5 Å². The molecule has 0 aromatic carbocycles. The first-order chi connectivity index (χ1) is 6.50. The van der Waals surface area contributed by atoms with Crippen molar-refractivity contribution in [2.75, 3.05) is 18.5 Å². The minimum Gasteiger partial charge on any atom is -0.345 e. The van der Waals surface area contributed by atoms with Gasteiger partial charge in [0, 0.05) is 24.2 Å². The predicted molar refractivity (Wildman–Crippen MR) is 54.0 cm³/mol. The van der Waals surface area contributed by atoms with Crippen molar-refractivity contribution in [3.05, 3.63) is 11.1 Å². The Morgan fingerprint density at radius 3 is 2.71 bits per heavy atom. The smallest absolute Gasteiger partial charge is 0.255 e. The van der Waals surface area contributed by atoms with Crippen LogP contribution in [0.15, 0.2) is 6.20 Å². The molecule has 1 aromatic heterocycles. The third-order valence-electron chi connectivity index (χ3n) is 1.70. The maximum absolute atomic E-state index is 12.0. The second-order valence-corrected chi connectivity index (χ2v) is 4.15. The standard InChI is InChI=1S/C8H13F2N3S/c1-5(11)6-3-12-8(14-6)13(2)4-7(9)10/h3,5,7H,4,11H2,1-2H3. The SMILES string of the molecule is CC(N)c1cnc(N(C)CC(F)F)s1. The van der Waals surface area contributed by atoms with Crippen LogP contribution in [-0.4, -0.2) is 25.0 Å². The number of nitrogens with zero attached hydrogens (tertiary/aromatic N) is 2. The second-order valence-electron chi connectivity index (χ2n) is 3.11. The molecule has 3 nitrogen and oxygen atoms in total. The third kappa shape index (κ3) is 2.88. The van der Waals surface area contributed by atoms with E-state index in [1.54, 1.807) is 13.2 Å². The number of hydrogen-bond acceptors (Lipinski definition) is 4. The quantitative estimate of drug-likeness (QED) is 0.844. The molecule has 0 radical (unpaired) electrons. The predicted octanol–water partition coefficient (Wildman–Crippen LogP) is 1.86. The Bertz CT molecular complexity index is 288. The van der Waals surface area contributed by atoms with E-state index in [0.717, 1.165) is 4.88 Å². The summed E-state index contributed by atoms with van der Waals surface area (Å²) in [6.07, 6.45) is -0.713. The van der Waals surface area contributed by atoms with Crippen molar-refractivity contribution < 1.29 is 8.78 Å². The van der Waals surface area contributed by atoms with Crippen LogP contribution in [0.2, 0.25) is 0 Å². The summed E-state index contributed by atoms with van der Waals surface area (Å²) < 4.78 is 24.1. The maximum atomic E-state index is 12.0. The summed E-state index contributed by atoms with van der Waals surface area (Å²) in [5.41, 5.74) is 5.63. The molecule has 0 aliphatic rings. The van der Waals surface area contributed by atoms with Crippen LogP contribution in [0.4, 0.5) is 13.9 Å². The van der Waals surface area contributed by atoms with E-state index in [2.05, 4.69) is 4.98 Å². The van der Waals surface area contributed by atoms with Gasteiger partial charge in [0.2, 0.25) is 0 Å². The Balaban J connectivity index is 2.66. The summed E-state index contributed by atoms with van der Waals surface area (Å²) >= 11 is 1.35. The monoisotopic (exact) mass is 221 g/mol. The molecule has 1 atom stereocenters. The van der Waals surface area contributed by atoms with E-state index in [-0.39, 0.29) is 12.6 Å². The van der Waals surface area contributed by atoms with Gasteiger partial charge in [0.25, 0.3) is 6.43 Å². The number of anilines is 1. The van der Waals surface area contributed by atoms with Crippen LogP contribution in [0, 0.1) is 0 Å². The molecule has 80 valence electrons. The van der Waals surface area contributed by atoms with Gasteiger partial charge >= 0.3 is 0 Å². The van der Waals surface area contributed by atoms with Gasteiger partial charge in [-0.05, 0) is 6.92 Å². The second kappa shape index (κ2) is 4.65. The lowest BCUT2D eigenvalue weighted by molar-refractivity contribution is 0.156. The zero-order valence-corrected chi connectivity index (χ0v) is 8.89. The van der Waals surface area contributed by atoms with Crippen LogP contribution in [-0.2, 0) is 0 Å². The first kappa shape index (κ1) is 11.3. The summed E-state index contributed by atoms with van der Waals surface area (Å²) in [5, 5.41) is 0.581. The van der Waals surface area contributed by atoms with E-state index in [0.29, 0.717) is 5.13 Å². The average molecular weight is 221 g/mol. The van der Waals surface area contributed by atoms with Crippen LogP contribution in [0.3, 0.4) is 0 Å². The molecule has 0 saturated heterocycles. The number of hydrogen-bond donors (Lipinski definition) is 1. The lowest BCUT2D eigenvalue weighted by Crippen LogP contribution is -2.23. The van der Waals surface area contributed by atoms with E-state index in [1.807, 2.05) is 6.92 Å². The van der Waals surface area contributed by atoms with E-state index >= 15 is 0 Å². The molecule has 6 heteroatoms. The van der Waals surface area contributed by atoms with Gasteiger partial charge in [0.15, 0.2) is 5.13 Å². The van der Waals surface area contributed by atoms with Crippen molar-refractivity contribution in [1.29, 1.82) is 0 Å². The van der Waals surface area contributed by atoms with Gasteiger partial charge in [-0.25, -0.2) is 13.8 Å². The molecular formula is C8H13F2N3S. The Morgan fingerprint density at radius 2 is 2.29 bits per heavy atom. The van der Waals surface area contributed by atoms with Crippen molar-refractivity contribution in [3.63, 3.8) is 0 Å². The summed E-state index contributed by atoms with van der Waals surface area (Å²) in [6.45, 7) is 1.54. The Kier molecular flexibility index (Phi) is 3.77. The molecule has 0 bridgehead atoms. The lowest BCUT2D eigenvalue weighted by atomic mass is 10.3.